The first kappa shape index (κ1) is 16.0. The Bertz CT molecular complexity index is 469. The Morgan fingerprint density at radius 2 is 2.05 bits per heavy atom. The van der Waals surface area contributed by atoms with Crippen molar-refractivity contribution in [2.45, 2.75) is 51.0 Å². The molecule has 3 nitrogen and oxygen atoms in total. The smallest absolute Gasteiger partial charge is 0.227 e. The molecule has 2 N–H and O–H groups in total. The highest BCUT2D eigenvalue weighted by Crippen LogP contribution is 2.33. The van der Waals surface area contributed by atoms with E-state index in [0.29, 0.717) is 5.92 Å². The summed E-state index contributed by atoms with van der Waals surface area (Å²) in [4.78, 5) is 14.6. The van der Waals surface area contributed by atoms with Gasteiger partial charge in [0.2, 0.25) is 5.91 Å². The van der Waals surface area contributed by atoms with Crippen LogP contribution < -0.4 is 5.73 Å². The third kappa shape index (κ3) is 3.85. The monoisotopic (exact) mass is 288 g/mol. The predicted molar refractivity (Wildman–Crippen MR) is 87.0 cm³/mol. The molecule has 1 aromatic rings. The molecule has 3 atom stereocenters. The van der Waals surface area contributed by atoms with E-state index in [4.69, 9.17) is 5.73 Å². The first-order chi connectivity index (χ1) is 9.92. The molecule has 0 radical (unpaired) electrons. The minimum absolute atomic E-state index is 0.0285. The molecular formula is C18H28N2O. The van der Waals surface area contributed by atoms with Gasteiger partial charge in [-0.05, 0) is 31.2 Å². The van der Waals surface area contributed by atoms with E-state index in [1.807, 2.05) is 37.1 Å². The van der Waals surface area contributed by atoms with Gasteiger partial charge < -0.3 is 10.6 Å². The number of nitrogens with zero attached hydrogens (tertiary/aromatic N) is 1. The zero-order chi connectivity index (χ0) is 15.5. The number of hydrogen-bond donors (Lipinski definition) is 1. The molecule has 3 unspecified atom stereocenters. The van der Waals surface area contributed by atoms with Crippen molar-refractivity contribution in [3.8, 4) is 0 Å². The number of carbonyl (C=O) groups is 1. The lowest BCUT2D eigenvalue weighted by atomic mass is 9.74. The summed E-state index contributed by atoms with van der Waals surface area (Å²) in [5, 5.41) is 0. The lowest BCUT2D eigenvalue weighted by Gasteiger charge is -2.39. The number of nitrogens with two attached hydrogens (primary N) is 1. The molecule has 1 aliphatic carbocycles. The molecule has 21 heavy (non-hydrogen) atoms. The van der Waals surface area contributed by atoms with Gasteiger partial charge in [0.05, 0.1) is 5.92 Å². The summed E-state index contributed by atoms with van der Waals surface area (Å²) in [6.45, 7) is 4.94. The van der Waals surface area contributed by atoms with E-state index in [1.165, 1.54) is 5.56 Å². The summed E-state index contributed by atoms with van der Waals surface area (Å²) in [6, 6.07) is 10.4. The predicted octanol–water partition coefficient (Wildman–Crippen LogP) is 3.16. The molecule has 0 heterocycles. The Morgan fingerprint density at radius 1 is 1.38 bits per heavy atom. The van der Waals surface area contributed by atoms with Gasteiger partial charge in [-0.1, -0.05) is 50.1 Å². The van der Waals surface area contributed by atoms with Crippen LogP contribution in [0.5, 0.6) is 0 Å². The van der Waals surface area contributed by atoms with Crippen LogP contribution in [-0.4, -0.2) is 29.9 Å². The van der Waals surface area contributed by atoms with Gasteiger partial charge in [0.25, 0.3) is 0 Å². The second-order valence-corrected chi connectivity index (χ2v) is 6.83. The normalized spacial score (nSPS) is 27.1. The molecule has 0 bridgehead atoms. The molecule has 3 heteroatoms. The van der Waals surface area contributed by atoms with E-state index in [0.717, 1.165) is 32.2 Å². The third-order valence-corrected chi connectivity index (χ3v) is 4.84. The summed E-state index contributed by atoms with van der Waals surface area (Å²) < 4.78 is 0. The maximum Gasteiger partial charge on any atom is 0.227 e. The standard InChI is InChI=1S/C18H28N2O/c1-14(15-9-5-4-6-10-15)13-20(3)17(21)16-11-7-8-12-18(16,2)19/h4-6,9-10,14,16H,7-8,11-13,19H2,1-3H3. The molecule has 1 fully saturated rings. The summed E-state index contributed by atoms with van der Waals surface area (Å²) >= 11 is 0. The van der Waals surface area contributed by atoms with Gasteiger partial charge in [0.1, 0.15) is 0 Å². The van der Waals surface area contributed by atoms with Crippen molar-refractivity contribution < 1.29 is 4.79 Å². The van der Waals surface area contributed by atoms with Crippen LogP contribution in [0.4, 0.5) is 0 Å². The van der Waals surface area contributed by atoms with Crippen molar-refractivity contribution in [3.63, 3.8) is 0 Å². The molecule has 0 aliphatic heterocycles. The van der Waals surface area contributed by atoms with Crippen LogP contribution in [0, 0.1) is 5.92 Å². The fraction of sp³-hybridized carbons (Fsp3) is 0.611. The number of amides is 1. The highest BCUT2D eigenvalue weighted by molar-refractivity contribution is 5.80. The Labute approximate surface area is 128 Å². The molecule has 116 valence electrons. The van der Waals surface area contributed by atoms with Crippen molar-refractivity contribution in [3.05, 3.63) is 35.9 Å². The van der Waals surface area contributed by atoms with E-state index in [2.05, 4.69) is 19.1 Å². The fourth-order valence-electron chi connectivity index (χ4n) is 3.42. The second kappa shape index (κ2) is 6.61. The van der Waals surface area contributed by atoms with Crippen molar-refractivity contribution in [2.24, 2.45) is 11.7 Å². The Balaban J connectivity index is 1.99. The maximum absolute atomic E-state index is 12.7. The topological polar surface area (TPSA) is 46.3 Å². The lowest BCUT2D eigenvalue weighted by molar-refractivity contribution is -0.137. The number of carbonyl (C=O) groups excluding carboxylic acids is 1. The van der Waals surface area contributed by atoms with Gasteiger partial charge in [-0.3, -0.25) is 4.79 Å². The largest absolute Gasteiger partial charge is 0.345 e. The van der Waals surface area contributed by atoms with Gasteiger partial charge in [-0.15, -0.1) is 0 Å². The first-order valence-corrected chi connectivity index (χ1v) is 8.00. The second-order valence-electron chi connectivity index (χ2n) is 6.83. The van der Waals surface area contributed by atoms with Gasteiger partial charge in [0, 0.05) is 19.1 Å². The lowest BCUT2D eigenvalue weighted by Crippen LogP contribution is -2.53. The Kier molecular flexibility index (Phi) is 5.04. The van der Waals surface area contributed by atoms with Gasteiger partial charge in [-0.25, -0.2) is 0 Å². The average molecular weight is 288 g/mol. The van der Waals surface area contributed by atoms with Crippen molar-refractivity contribution >= 4 is 5.91 Å². The van der Waals surface area contributed by atoms with Crippen LogP contribution in [0.2, 0.25) is 0 Å². The molecule has 1 aromatic carbocycles. The maximum atomic E-state index is 12.7. The molecule has 0 saturated heterocycles. The molecule has 1 aliphatic rings. The zero-order valence-corrected chi connectivity index (χ0v) is 13.5. The molecular weight excluding hydrogens is 260 g/mol. The molecule has 0 aromatic heterocycles. The Morgan fingerprint density at radius 3 is 2.67 bits per heavy atom. The quantitative estimate of drug-likeness (QED) is 0.925. The van der Waals surface area contributed by atoms with Crippen LogP contribution >= 0.6 is 0 Å². The summed E-state index contributed by atoms with van der Waals surface area (Å²) in [7, 11) is 1.91. The van der Waals surface area contributed by atoms with Crippen LogP contribution in [0.3, 0.4) is 0 Å². The van der Waals surface area contributed by atoms with E-state index in [9.17, 15) is 4.79 Å². The average Bonchev–Trinajstić information content (AvgIpc) is 2.47. The third-order valence-electron chi connectivity index (χ3n) is 4.84. The van der Waals surface area contributed by atoms with E-state index in [-0.39, 0.29) is 17.4 Å². The van der Waals surface area contributed by atoms with Crippen LogP contribution in [-0.2, 0) is 4.79 Å². The molecule has 0 spiro atoms. The SMILES string of the molecule is CC(CN(C)C(=O)C1CCCCC1(C)N)c1ccccc1. The zero-order valence-electron chi connectivity index (χ0n) is 13.5. The Hall–Kier alpha value is -1.35. The van der Waals surface area contributed by atoms with Crippen LogP contribution in [0.15, 0.2) is 30.3 Å². The highest BCUT2D eigenvalue weighted by Gasteiger charge is 2.39. The van der Waals surface area contributed by atoms with Crippen molar-refractivity contribution in [1.82, 2.24) is 4.90 Å². The number of benzene rings is 1. The molecule has 1 amide bonds. The van der Waals surface area contributed by atoms with Gasteiger partial charge in [-0.2, -0.15) is 0 Å². The highest BCUT2D eigenvalue weighted by atomic mass is 16.2. The van der Waals surface area contributed by atoms with Gasteiger partial charge >= 0.3 is 0 Å². The minimum Gasteiger partial charge on any atom is -0.345 e. The minimum atomic E-state index is -0.348. The van der Waals surface area contributed by atoms with Crippen LogP contribution in [0.25, 0.3) is 0 Å². The number of hydrogen-bond acceptors (Lipinski definition) is 2. The number of likely N-dealkylation sites (N-methyl/N-ethyl adjacent to an activating group) is 1. The first-order valence-electron chi connectivity index (χ1n) is 8.00. The van der Waals surface area contributed by atoms with E-state index in [1.54, 1.807) is 0 Å². The molecule has 2 rings (SSSR count). The number of rotatable bonds is 4. The fourth-order valence-corrected chi connectivity index (χ4v) is 3.42. The summed E-state index contributed by atoms with van der Waals surface area (Å²) in [5.74, 6) is 0.523. The van der Waals surface area contributed by atoms with Gasteiger partial charge in [0.15, 0.2) is 0 Å². The summed E-state index contributed by atoms with van der Waals surface area (Å²) in [6.07, 6.45) is 4.13. The van der Waals surface area contributed by atoms with E-state index >= 15 is 0 Å². The molecule has 1 saturated carbocycles. The van der Waals surface area contributed by atoms with Crippen molar-refractivity contribution in [2.75, 3.05) is 13.6 Å². The van der Waals surface area contributed by atoms with Crippen LogP contribution in [0.1, 0.15) is 51.0 Å². The van der Waals surface area contributed by atoms with Crippen molar-refractivity contribution in [1.29, 1.82) is 0 Å². The van der Waals surface area contributed by atoms with E-state index < -0.39 is 0 Å². The summed E-state index contributed by atoms with van der Waals surface area (Å²) in [5.41, 5.74) is 7.28.